The van der Waals surface area contributed by atoms with Crippen molar-refractivity contribution in [3.63, 3.8) is 0 Å². The van der Waals surface area contributed by atoms with Crippen LogP contribution in [0.25, 0.3) is 11.3 Å². The summed E-state index contributed by atoms with van der Waals surface area (Å²) in [5.41, 5.74) is 5.47. The van der Waals surface area contributed by atoms with Crippen LogP contribution in [-0.4, -0.2) is 36.5 Å². The van der Waals surface area contributed by atoms with Crippen LogP contribution < -0.4 is 9.47 Å². The van der Waals surface area contributed by atoms with Crippen LogP contribution in [0.3, 0.4) is 0 Å². The number of nitrogens with zero attached hydrogens (tertiary/aromatic N) is 2. The summed E-state index contributed by atoms with van der Waals surface area (Å²) in [4.78, 5) is 9.78. The Bertz CT molecular complexity index is 1050. The van der Waals surface area contributed by atoms with Gasteiger partial charge in [-0.15, -0.1) is 0 Å². The van der Waals surface area contributed by atoms with Crippen LogP contribution in [0.2, 0.25) is 0 Å². The van der Waals surface area contributed by atoms with Gasteiger partial charge in [-0.1, -0.05) is 62.0 Å². The van der Waals surface area contributed by atoms with Crippen molar-refractivity contribution in [1.82, 2.24) is 9.97 Å². The van der Waals surface area contributed by atoms with Crippen LogP contribution in [0.5, 0.6) is 11.6 Å². The molecule has 4 rings (SSSR count). The van der Waals surface area contributed by atoms with Gasteiger partial charge in [0.1, 0.15) is 12.4 Å². The molecule has 1 aliphatic carbocycles. The molecule has 0 aliphatic heterocycles. The normalized spacial score (nSPS) is 13.9. The minimum absolute atomic E-state index is 0.130. The molecule has 3 aromatic rings. The minimum Gasteiger partial charge on any atom is -0.497 e. The smallest absolute Gasteiger partial charge is 0.222 e. The van der Waals surface area contributed by atoms with Gasteiger partial charge in [0.15, 0.2) is 5.16 Å². The maximum atomic E-state index is 6.33. The van der Waals surface area contributed by atoms with Crippen molar-refractivity contribution < 1.29 is 14.2 Å². The van der Waals surface area contributed by atoms with Crippen molar-refractivity contribution in [2.45, 2.75) is 37.4 Å². The third-order valence-corrected chi connectivity index (χ3v) is 6.30. The molecule has 5 nitrogen and oxygen atoms in total. The molecule has 162 valence electrons. The molecule has 1 heterocycles. The minimum atomic E-state index is -0.130. The van der Waals surface area contributed by atoms with Gasteiger partial charge in [0.2, 0.25) is 5.88 Å². The number of thioether (sulfide) groups is 1. The van der Waals surface area contributed by atoms with Gasteiger partial charge in [0.25, 0.3) is 0 Å². The molecule has 0 unspecified atom stereocenters. The first-order chi connectivity index (χ1) is 15.0. The number of hydrogen-bond donors (Lipinski definition) is 0. The van der Waals surface area contributed by atoms with Crippen LogP contribution >= 0.6 is 11.8 Å². The number of methoxy groups -OCH3 is 2. The number of rotatable bonds is 8. The molecule has 0 N–H and O–H groups in total. The van der Waals surface area contributed by atoms with Gasteiger partial charge < -0.3 is 14.2 Å². The number of benzene rings is 2. The highest BCUT2D eigenvalue weighted by Crippen LogP contribution is 2.46. The molecular weight excluding hydrogens is 408 g/mol. The Hall–Kier alpha value is -2.57. The average Bonchev–Trinajstić information content (AvgIpc) is 2.77. The maximum Gasteiger partial charge on any atom is 0.222 e. The number of fused-ring (bicyclic) bond motifs is 3. The zero-order chi connectivity index (χ0) is 21.8. The Balaban J connectivity index is 1.73. The van der Waals surface area contributed by atoms with Crippen molar-refractivity contribution in [1.29, 1.82) is 0 Å². The number of ether oxygens (including phenoxy) is 3. The predicted octanol–water partition coefficient (Wildman–Crippen LogP) is 5.30. The highest BCUT2D eigenvalue weighted by atomic mass is 32.2. The van der Waals surface area contributed by atoms with Crippen molar-refractivity contribution in [2.75, 3.05) is 26.6 Å². The summed E-state index contributed by atoms with van der Waals surface area (Å²) < 4.78 is 16.8. The fourth-order valence-electron chi connectivity index (χ4n) is 3.95. The summed E-state index contributed by atoms with van der Waals surface area (Å²) in [6, 6.07) is 16.4. The van der Waals surface area contributed by atoms with E-state index < -0.39 is 0 Å². The van der Waals surface area contributed by atoms with E-state index in [1.807, 2.05) is 24.3 Å². The Morgan fingerprint density at radius 3 is 2.52 bits per heavy atom. The van der Waals surface area contributed by atoms with Crippen LogP contribution in [-0.2, 0) is 23.2 Å². The summed E-state index contributed by atoms with van der Waals surface area (Å²) >= 11 is 1.59. The molecule has 2 aromatic carbocycles. The molecule has 0 radical (unpaired) electrons. The van der Waals surface area contributed by atoms with E-state index in [1.165, 1.54) is 11.1 Å². The lowest BCUT2D eigenvalue weighted by Gasteiger charge is -2.34. The number of aromatic nitrogens is 2. The molecule has 1 aromatic heterocycles. The molecule has 0 amide bonds. The van der Waals surface area contributed by atoms with E-state index in [-0.39, 0.29) is 5.41 Å². The average molecular weight is 437 g/mol. The molecule has 31 heavy (non-hydrogen) atoms. The van der Waals surface area contributed by atoms with Crippen molar-refractivity contribution in [3.05, 3.63) is 65.2 Å². The van der Waals surface area contributed by atoms with Crippen molar-refractivity contribution in [3.8, 4) is 22.9 Å². The molecule has 0 saturated carbocycles. The quantitative estimate of drug-likeness (QED) is 0.271. The fraction of sp³-hybridized carbons (Fsp3) is 0.360. The van der Waals surface area contributed by atoms with E-state index in [1.54, 1.807) is 26.0 Å². The molecular formula is C25H28N2O3S. The Morgan fingerprint density at radius 1 is 1.00 bits per heavy atom. The third kappa shape index (κ3) is 4.70. The van der Waals surface area contributed by atoms with Crippen molar-refractivity contribution >= 4 is 11.8 Å². The second kappa shape index (κ2) is 9.28. The molecule has 6 heteroatoms. The largest absolute Gasteiger partial charge is 0.497 e. The van der Waals surface area contributed by atoms with Gasteiger partial charge in [-0.05, 0) is 29.7 Å². The zero-order valence-corrected chi connectivity index (χ0v) is 19.3. The van der Waals surface area contributed by atoms with Crippen molar-refractivity contribution in [2.24, 2.45) is 0 Å². The third-order valence-electron chi connectivity index (χ3n) is 5.49. The topological polar surface area (TPSA) is 53.5 Å². The zero-order valence-electron chi connectivity index (χ0n) is 18.5. The van der Waals surface area contributed by atoms with Gasteiger partial charge in [0.05, 0.1) is 19.4 Å². The molecule has 0 fully saturated rings. The van der Waals surface area contributed by atoms with E-state index in [0.717, 1.165) is 34.7 Å². The molecule has 1 aliphatic rings. The summed E-state index contributed by atoms with van der Waals surface area (Å²) in [6.45, 7) is 5.56. The van der Waals surface area contributed by atoms with Gasteiger partial charge >= 0.3 is 0 Å². The highest BCUT2D eigenvalue weighted by molar-refractivity contribution is 7.99. The van der Waals surface area contributed by atoms with E-state index >= 15 is 0 Å². The predicted molar refractivity (Wildman–Crippen MR) is 124 cm³/mol. The first-order valence-electron chi connectivity index (χ1n) is 10.4. The van der Waals surface area contributed by atoms with E-state index in [2.05, 4.69) is 38.1 Å². The van der Waals surface area contributed by atoms with Crippen LogP contribution in [0.1, 0.15) is 30.5 Å². The van der Waals surface area contributed by atoms with E-state index in [0.29, 0.717) is 24.3 Å². The first-order valence-corrected chi connectivity index (χ1v) is 11.4. The van der Waals surface area contributed by atoms with Gasteiger partial charge in [-0.3, -0.25) is 0 Å². The number of hydrogen-bond acceptors (Lipinski definition) is 6. The highest BCUT2D eigenvalue weighted by Gasteiger charge is 2.36. The molecule has 0 bridgehead atoms. The first kappa shape index (κ1) is 21.7. The fourth-order valence-corrected chi connectivity index (χ4v) is 4.69. The van der Waals surface area contributed by atoms with E-state index in [4.69, 9.17) is 24.2 Å². The second-order valence-electron chi connectivity index (χ2n) is 8.23. The molecule has 0 saturated heterocycles. The second-order valence-corrected chi connectivity index (χ2v) is 9.29. The Labute approximate surface area is 188 Å². The lowest BCUT2D eigenvalue weighted by Crippen LogP contribution is -2.28. The summed E-state index contributed by atoms with van der Waals surface area (Å²) in [5.74, 6) is 2.29. The van der Waals surface area contributed by atoms with Crippen LogP contribution in [0.15, 0.2) is 53.7 Å². The van der Waals surface area contributed by atoms with Gasteiger partial charge in [-0.25, -0.2) is 4.98 Å². The van der Waals surface area contributed by atoms with Crippen LogP contribution in [0, 0.1) is 0 Å². The summed E-state index contributed by atoms with van der Waals surface area (Å²) in [7, 11) is 3.37. The maximum absolute atomic E-state index is 6.33. The Kier molecular flexibility index (Phi) is 6.49. The monoisotopic (exact) mass is 436 g/mol. The van der Waals surface area contributed by atoms with Gasteiger partial charge in [0, 0.05) is 29.4 Å². The molecule has 0 atom stereocenters. The lowest BCUT2D eigenvalue weighted by atomic mass is 9.72. The van der Waals surface area contributed by atoms with Crippen LogP contribution in [0.4, 0.5) is 0 Å². The lowest BCUT2D eigenvalue weighted by molar-refractivity contribution is 0.218. The summed E-state index contributed by atoms with van der Waals surface area (Å²) in [6.07, 6.45) is 0.925. The van der Waals surface area contributed by atoms with Gasteiger partial charge in [-0.2, -0.15) is 4.98 Å². The standard InChI is InChI=1S/C25H28N2O3S/c1-25(2)15-18-7-5-6-8-20(18)22-21(25)23(27-24(26-22)31-14-13-28-3)30-16-17-9-11-19(29-4)12-10-17/h5-12H,13-16H2,1-4H3. The Morgan fingerprint density at radius 2 is 1.77 bits per heavy atom. The SMILES string of the molecule is COCCSc1nc(OCc2ccc(OC)cc2)c2c(n1)-c1ccccc1CC2(C)C. The summed E-state index contributed by atoms with van der Waals surface area (Å²) in [5, 5.41) is 0.716. The van der Waals surface area contributed by atoms with E-state index in [9.17, 15) is 0 Å². The molecule has 0 spiro atoms.